The van der Waals surface area contributed by atoms with E-state index in [1.165, 1.54) is 11.1 Å². The number of allylic oxidation sites excluding steroid dienone is 2. The quantitative estimate of drug-likeness (QED) is 0.393. The Bertz CT molecular complexity index is 650. The van der Waals surface area contributed by atoms with E-state index in [1.54, 1.807) is 13.8 Å². The third-order valence-corrected chi connectivity index (χ3v) is 3.09. The molecule has 0 aromatic heterocycles. The summed E-state index contributed by atoms with van der Waals surface area (Å²) < 4.78 is 9.38. The van der Waals surface area contributed by atoms with Crippen molar-refractivity contribution in [3.8, 4) is 0 Å². The lowest BCUT2D eigenvalue weighted by molar-refractivity contribution is -0.147. The number of carbonyl (C=O) groups is 2. The summed E-state index contributed by atoms with van der Waals surface area (Å²) in [4.78, 5) is 21.7. The predicted octanol–water partition coefficient (Wildman–Crippen LogP) is 4.98. The van der Waals surface area contributed by atoms with Gasteiger partial charge in [0.2, 0.25) is 0 Å². The molecule has 0 saturated heterocycles. The molecule has 0 aliphatic carbocycles. The first-order valence-corrected chi connectivity index (χ1v) is 8.14. The van der Waals surface area contributed by atoms with E-state index in [-0.39, 0.29) is 13.2 Å². The van der Waals surface area contributed by atoms with Crippen LogP contribution in [0.25, 0.3) is 11.1 Å². The molecule has 0 spiro atoms. The number of esters is 2. The zero-order chi connectivity index (χ0) is 20.3. The third-order valence-electron chi connectivity index (χ3n) is 3.09. The molecule has 1 aromatic rings. The van der Waals surface area contributed by atoms with Gasteiger partial charge >= 0.3 is 11.9 Å². The first-order chi connectivity index (χ1) is 12.1. The fraction of sp³-hybridized carbons (Fsp3) is 0.273. The highest BCUT2D eigenvalue weighted by Crippen LogP contribution is 2.22. The van der Waals surface area contributed by atoms with Gasteiger partial charge in [-0.25, -0.2) is 9.59 Å². The summed E-state index contributed by atoms with van der Waals surface area (Å²) in [6, 6.07) is 8.20. The van der Waals surface area contributed by atoms with Crippen LogP contribution in [-0.4, -0.2) is 25.2 Å². The normalized spacial score (nSPS) is 9.23. The Morgan fingerprint density at radius 1 is 0.731 bits per heavy atom. The summed E-state index contributed by atoms with van der Waals surface area (Å²) in [7, 11) is 0. The summed E-state index contributed by atoms with van der Waals surface area (Å²) in [5.74, 6) is -0.979. The van der Waals surface area contributed by atoms with Gasteiger partial charge in [-0.05, 0) is 38.8 Å². The molecule has 0 fully saturated rings. The Labute approximate surface area is 156 Å². The molecule has 0 atom stereocenters. The van der Waals surface area contributed by atoms with Crippen LogP contribution in [0, 0.1) is 0 Å². The van der Waals surface area contributed by atoms with Gasteiger partial charge in [0.15, 0.2) is 0 Å². The average molecular weight is 356 g/mol. The van der Waals surface area contributed by atoms with Crippen molar-refractivity contribution < 1.29 is 19.1 Å². The fourth-order valence-corrected chi connectivity index (χ4v) is 1.74. The van der Waals surface area contributed by atoms with Gasteiger partial charge < -0.3 is 9.47 Å². The van der Waals surface area contributed by atoms with E-state index in [9.17, 15) is 9.59 Å². The second kappa shape index (κ2) is 11.6. The molecule has 0 aliphatic heterocycles. The molecule has 0 N–H and O–H groups in total. The van der Waals surface area contributed by atoms with Gasteiger partial charge in [-0.3, -0.25) is 0 Å². The Hall–Kier alpha value is -2.88. The van der Waals surface area contributed by atoms with E-state index in [4.69, 9.17) is 0 Å². The van der Waals surface area contributed by atoms with E-state index in [2.05, 4.69) is 47.9 Å². The highest BCUT2D eigenvalue weighted by atomic mass is 16.6. The van der Waals surface area contributed by atoms with Crippen LogP contribution in [0.15, 0.2) is 61.7 Å². The van der Waals surface area contributed by atoms with Crippen LogP contribution in [0.5, 0.6) is 0 Å². The smallest absolute Gasteiger partial charge is 0.333 e. The topological polar surface area (TPSA) is 52.6 Å². The lowest BCUT2D eigenvalue weighted by atomic mass is 9.98. The second-order valence-electron chi connectivity index (χ2n) is 5.94. The summed E-state index contributed by atoms with van der Waals surface area (Å²) in [6.45, 7) is 21.8. The Balaban J connectivity index is 0.000000485. The SMILES string of the molecule is C=C(C)C(=O)OCCOC(=O)C(=C)C.C=C(C)c1ccccc1C(=C)C. The van der Waals surface area contributed by atoms with Gasteiger partial charge in [0.1, 0.15) is 13.2 Å². The largest absolute Gasteiger partial charge is 0.459 e. The first-order valence-electron chi connectivity index (χ1n) is 8.14. The van der Waals surface area contributed by atoms with Crippen molar-refractivity contribution in [1.82, 2.24) is 0 Å². The van der Waals surface area contributed by atoms with Crippen molar-refractivity contribution in [3.63, 3.8) is 0 Å². The van der Waals surface area contributed by atoms with Gasteiger partial charge in [-0.1, -0.05) is 61.7 Å². The molecule has 0 bridgehead atoms. The summed E-state index contributed by atoms with van der Waals surface area (Å²) >= 11 is 0. The van der Waals surface area contributed by atoms with Crippen LogP contribution in [0.3, 0.4) is 0 Å². The molecule has 140 valence electrons. The number of hydrogen-bond donors (Lipinski definition) is 0. The lowest BCUT2D eigenvalue weighted by Crippen LogP contribution is -2.14. The third kappa shape index (κ3) is 8.83. The maximum atomic E-state index is 10.8. The number of ether oxygens (including phenoxy) is 2. The predicted molar refractivity (Wildman–Crippen MR) is 107 cm³/mol. The van der Waals surface area contributed by atoms with Gasteiger partial charge in [-0.15, -0.1) is 0 Å². The van der Waals surface area contributed by atoms with E-state index in [0.717, 1.165) is 11.1 Å². The number of benzene rings is 1. The molecule has 0 unspecified atom stereocenters. The van der Waals surface area contributed by atoms with Crippen LogP contribution in [0.2, 0.25) is 0 Å². The van der Waals surface area contributed by atoms with Crippen molar-refractivity contribution in [2.75, 3.05) is 13.2 Å². The molecule has 0 amide bonds. The average Bonchev–Trinajstić information content (AvgIpc) is 2.58. The van der Waals surface area contributed by atoms with Crippen molar-refractivity contribution in [1.29, 1.82) is 0 Å². The van der Waals surface area contributed by atoms with Crippen molar-refractivity contribution in [2.24, 2.45) is 0 Å². The summed E-state index contributed by atoms with van der Waals surface area (Å²) in [5.41, 5.74) is 5.21. The van der Waals surface area contributed by atoms with Crippen LogP contribution in [0.1, 0.15) is 38.8 Å². The number of hydrogen-bond acceptors (Lipinski definition) is 4. The van der Waals surface area contributed by atoms with E-state index < -0.39 is 11.9 Å². The van der Waals surface area contributed by atoms with Gasteiger partial charge in [0.25, 0.3) is 0 Å². The van der Waals surface area contributed by atoms with Gasteiger partial charge in [0.05, 0.1) is 0 Å². The summed E-state index contributed by atoms with van der Waals surface area (Å²) in [5, 5.41) is 0. The first kappa shape index (κ1) is 23.1. The zero-order valence-electron chi connectivity index (χ0n) is 16.2. The van der Waals surface area contributed by atoms with E-state index >= 15 is 0 Å². The van der Waals surface area contributed by atoms with Gasteiger partial charge in [-0.2, -0.15) is 0 Å². The summed E-state index contributed by atoms with van der Waals surface area (Å²) in [6.07, 6.45) is 0. The van der Waals surface area contributed by atoms with Crippen molar-refractivity contribution in [3.05, 3.63) is 72.9 Å². The van der Waals surface area contributed by atoms with E-state index in [0.29, 0.717) is 11.1 Å². The molecule has 26 heavy (non-hydrogen) atoms. The van der Waals surface area contributed by atoms with E-state index in [1.807, 2.05) is 26.0 Å². The molecule has 0 radical (unpaired) electrons. The van der Waals surface area contributed by atoms with Crippen LogP contribution in [-0.2, 0) is 19.1 Å². The minimum atomic E-state index is -0.489. The molecule has 0 heterocycles. The van der Waals surface area contributed by atoms with Crippen molar-refractivity contribution >= 4 is 23.1 Å². The molecule has 4 heteroatoms. The minimum Gasteiger partial charge on any atom is -0.459 e. The monoisotopic (exact) mass is 356 g/mol. The van der Waals surface area contributed by atoms with Crippen LogP contribution >= 0.6 is 0 Å². The Kier molecular flexibility index (Phi) is 10.3. The standard InChI is InChI=1S/C12H14.C10H14O4/c1-9(2)11-7-5-6-8-12(11)10(3)4;1-7(2)9(11)13-5-6-14-10(12)8(3)4/h5-8H,1,3H2,2,4H3;1,3,5-6H2,2,4H3. The fourth-order valence-electron chi connectivity index (χ4n) is 1.74. The molecule has 1 rings (SSSR count). The number of rotatable bonds is 7. The highest BCUT2D eigenvalue weighted by Gasteiger charge is 2.05. The maximum absolute atomic E-state index is 10.8. The van der Waals surface area contributed by atoms with Crippen LogP contribution in [0.4, 0.5) is 0 Å². The second-order valence-corrected chi connectivity index (χ2v) is 5.94. The Morgan fingerprint density at radius 2 is 1.04 bits per heavy atom. The van der Waals surface area contributed by atoms with Crippen LogP contribution < -0.4 is 0 Å². The lowest BCUT2D eigenvalue weighted by Gasteiger charge is -2.07. The minimum absolute atomic E-state index is 0.0325. The van der Waals surface area contributed by atoms with Crippen molar-refractivity contribution in [2.45, 2.75) is 27.7 Å². The zero-order valence-corrected chi connectivity index (χ0v) is 16.2. The molecule has 1 aromatic carbocycles. The molecular weight excluding hydrogens is 328 g/mol. The Morgan fingerprint density at radius 3 is 1.27 bits per heavy atom. The highest BCUT2D eigenvalue weighted by molar-refractivity contribution is 5.87. The molecular formula is C22H28O4. The molecule has 0 saturated carbocycles. The maximum Gasteiger partial charge on any atom is 0.333 e. The molecule has 4 nitrogen and oxygen atoms in total. The van der Waals surface area contributed by atoms with Gasteiger partial charge in [0, 0.05) is 11.1 Å². The molecule has 0 aliphatic rings. The number of carbonyl (C=O) groups excluding carboxylic acids is 2.